The van der Waals surface area contributed by atoms with Crippen LogP contribution in [0.25, 0.3) is 0 Å². The number of benzene rings is 3. The van der Waals surface area contributed by atoms with E-state index in [-0.39, 0.29) is 26.2 Å². The van der Waals surface area contributed by atoms with Crippen molar-refractivity contribution in [3.8, 4) is 34.5 Å². The molecule has 0 unspecified atom stereocenters. The zero-order valence-corrected chi connectivity index (χ0v) is 25.7. The Balaban J connectivity index is 0.000000473. The van der Waals surface area contributed by atoms with E-state index in [1.165, 1.54) is 0 Å². The monoisotopic (exact) mass is 716 g/mol. The largest absolute Gasteiger partial charge is 3.00 e. The number of methoxy groups -OCH3 is 6. The zero-order chi connectivity index (χ0) is 24.8. The van der Waals surface area contributed by atoms with E-state index in [0.717, 1.165) is 0 Å². The molecule has 6 nitrogen and oxygen atoms in total. The second kappa shape index (κ2) is 17.4. The molecule has 2 radical (unpaired) electrons. The molecule has 3 aromatic rings. The number of hydrogen-bond donors (Lipinski definition) is 0. The van der Waals surface area contributed by atoms with Gasteiger partial charge in [-0.25, -0.2) is 0 Å². The van der Waals surface area contributed by atoms with E-state index in [0.29, 0.717) is 49.2 Å². The van der Waals surface area contributed by atoms with Gasteiger partial charge in [-0.3, -0.25) is 0 Å². The SMILES string of the molecule is COc1cccc(OC)c1[S-].COc1cccc(OC)c1[S-].COc1cccc(OC)c1[S-].[Bi+3]. The van der Waals surface area contributed by atoms with E-state index in [9.17, 15) is 0 Å². The molecule has 3 aromatic carbocycles. The van der Waals surface area contributed by atoms with Gasteiger partial charge in [0.15, 0.2) is 0 Å². The van der Waals surface area contributed by atoms with E-state index in [4.69, 9.17) is 66.3 Å². The molecular weight excluding hydrogens is 689 g/mol. The molecule has 0 N–H and O–H groups in total. The Labute approximate surface area is 237 Å². The average Bonchev–Trinajstić information content (AvgIpc) is 2.85. The fourth-order valence-electron chi connectivity index (χ4n) is 2.45. The van der Waals surface area contributed by atoms with Crippen molar-refractivity contribution >= 4 is 64.1 Å². The van der Waals surface area contributed by atoms with Crippen LogP contribution in [0.4, 0.5) is 0 Å². The summed E-state index contributed by atoms with van der Waals surface area (Å²) in [4.78, 5) is 1.87. The quantitative estimate of drug-likeness (QED) is 0.272. The first-order chi connectivity index (χ1) is 15.9. The first-order valence-corrected chi connectivity index (χ1v) is 10.7. The minimum Gasteiger partial charge on any atom is -0.773 e. The fraction of sp³-hybridized carbons (Fsp3) is 0.250. The van der Waals surface area contributed by atoms with Crippen molar-refractivity contribution in [3.63, 3.8) is 0 Å². The number of rotatable bonds is 6. The Morgan fingerprint density at radius 3 is 0.647 bits per heavy atom. The van der Waals surface area contributed by atoms with Crippen LogP contribution in [0.2, 0.25) is 0 Å². The first kappa shape index (κ1) is 32.0. The van der Waals surface area contributed by atoms with Gasteiger partial charge in [-0.2, -0.15) is 0 Å². The Morgan fingerprint density at radius 2 is 0.529 bits per heavy atom. The van der Waals surface area contributed by atoms with Gasteiger partial charge in [0.25, 0.3) is 0 Å². The topological polar surface area (TPSA) is 55.4 Å². The Bertz CT molecular complexity index is 810. The molecule has 0 aliphatic heterocycles. The second-order valence-corrected chi connectivity index (χ2v) is 7.20. The minimum absolute atomic E-state index is 0. The van der Waals surface area contributed by atoms with Gasteiger partial charge in [0.05, 0.1) is 42.7 Å². The van der Waals surface area contributed by atoms with Gasteiger partial charge in [-0.1, -0.05) is 32.9 Å². The molecule has 0 saturated heterocycles. The molecule has 0 aliphatic carbocycles. The molecule has 0 saturated carbocycles. The van der Waals surface area contributed by atoms with Gasteiger partial charge in [0.1, 0.15) is 34.5 Å². The van der Waals surface area contributed by atoms with E-state index < -0.39 is 0 Å². The summed E-state index contributed by atoms with van der Waals surface area (Å²) in [6.07, 6.45) is 0. The van der Waals surface area contributed by atoms with E-state index >= 15 is 0 Å². The van der Waals surface area contributed by atoms with Crippen molar-refractivity contribution in [1.29, 1.82) is 0 Å². The van der Waals surface area contributed by atoms with E-state index in [1.54, 1.807) is 42.7 Å². The Morgan fingerprint density at radius 1 is 0.382 bits per heavy atom. The summed E-state index contributed by atoms with van der Waals surface area (Å²) in [5.74, 6) is 4.08. The summed E-state index contributed by atoms with van der Waals surface area (Å²) < 4.78 is 30.0. The van der Waals surface area contributed by atoms with Gasteiger partial charge in [0, 0.05) is 0 Å². The summed E-state index contributed by atoms with van der Waals surface area (Å²) in [7, 11) is 9.53. The third-order valence-electron chi connectivity index (χ3n) is 4.15. The van der Waals surface area contributed by atoms with Crippen molar-refractivity contribution in [2.45, 2.75) is 14.7 Å². The molecule has 0 fully saturated rings. The van der Waals surface area contributed by atoms with Gasteiger partial charge < -0.3 is 66.3 Å². The smallest absolute Gasteiger partial charge is 0.773 e. The van der Waals surface area contributed by atoms with Crippen LogP contribution in [0.1, 0.15) is 0 Å². The van der Waals surface area contributed by atoms with Crippen molar-refractivity contribution in [2.24, 2.45) is 0 Å². The molecule has 0 aliphatic rings. The first-order valence-electron chi connectivity index (χ1n) is 9.52. The predicted octanol–water partition coefficient (Wildman–Crippen LogP) is 4.45. The molecule has 0 heterocycles. The number of hydrogen-bond acceptors (Lipinski definition) is 9. The van der Waals surface area contributed by atoms with Gasteiger partial charge in [0.2, 0.25) is 0 Å². The predicted molar refractivity (Wildman–Crippen MR) is 141 cm³/mol. The van der Waals surface area contributed by atoms with Crippen LogP contribution in [0.3, 0.4) is 0 Å². The normalized spacial score (nSPS) is 9.00. The van der Waals surface area contributed by atoms with Crippen molar-refractivity contribution in [3.05, 3.63) is 54.6 Å². The van der Waals surface area contributed by atoms with Crippen LogP contribution >= 0.6 is 0 Å². The average molecular weight is 717 g/mol. The second-order valence-electron chi connectivity index (χ2n) is 5.97. The standard InChI is InChI=1S/3C8H10O2S.Bi/c3*1-9-6-4-3-5-7(10-2)8(6)11;/h3*3-5,11H,1-2H3;/q;;;+3/p-3. The summed E-state index contributed by atoms with van der Waals surface area (Å²) in [6, 6.07) is 16.4. The van der Waals surface area contributed by atoms with E-state index in [1.807, 2.05) is 54.6 Å². The molecule has 0 amide bonds. The molecule has 0 aromatic heterocycles. The van der Waals surface area contributed by atoms with E-state index in [2.05, 4.69) is 0 Å². The summed E-state index contributed by atoms with van der Waals surface area (Å²) >= 11 is 15.1. The van der Waals surface area contributed by atoms with Gasteiger partial charge in [-0.05, 0) is 36.4 Å². The third-order valence-corrected chi connectivity index (χ3v) is 5.35. The van der Waals surface area contributed by atoms with Crippen LogP contribution in [0.5, 0.6) is 34.5 Å². The van der Waals surface area contributed by atoms with Crippen LogP contribution in [0.15, 0.2) is 69.3 Å². The maximum absolute atomic E-state index is 5.04. The zero-order valence-electron chi connectivity index (χ0n) is 19.8. The minimum atomic E-state index is 0. The molecule has 0 spiro atoms. The molecule has 182 valence electrons. The van der Waals surface area contributed by atoms with Crippen LogP contribution < -0.4 is 28.4 Å². The molecule has 0 bridgehead atoms. The van der Waals surface area contributed by atoms with Crippen molar-refractivity contribution in [1.82, 2.24) is 0 Å². The molecule has 34 heavy (non-hydrogen) atoms. The van der Waals surface area contributed by atoms with Crippen LogP contribution in [-0.2, 0) is 37.9 Å². The molecule has 0 atom stereocenters. The number of ether oxygens (including phenoxy) is 6. The maximum atomic E-state index is 5.04. The van der Waals surface area contributed by atoms with Crippen molar-refractivity contribution in [2.75, 3.05) is 42.7 Å². The van der Waals surface area contributed by atoms with Gasteiger partial charge >= 0.3 is 26.2 Å². The summed E-state index contributed by atoms with van der Waals surface area (Å²) in [5.41, 5.74) is 0. The molecular formula is C24H27BiO6S3. The Kier molecular flexibility index (Phi) is 16.4. The fourth-order valence-corrected chi connectivity index (χ4v) is 3.36. The van der Waals surface area contributed by atoms with Gasteiger partial charge in [-0.15, -0.1) is 0 Å². The van der Waals surface area contributed by atoms with Crippen LogP contribution in [0, 0.1) is 0 Å². The molecule has 10 heteroatoms. The van der Waals surface area contributed by atoms with Crippen molar-refractivity contribution < 1.29 is 28.4 Å². The third kappa shape index (κ3) is 9.33. The summed E-state index contributed by atoms with van der Waals surface area (Å²) in [6.45, 7) is 0. The van der Waals surface area contributed by atoms with Crippen LogP contribution in [-0.4, -0.2) is 68.9 Å². The molecule has 3 rings (SSSR count). The Hall–Kier alpha value is -2.00. The maximum Gasteiger partial charge on any atom is 3.00 e. The summed E-state index contributed by atoms with van der Waals surface area (Å²) in [5, 5.41) is 0.